The maximum atomic E-state index is 11.0. The summed E-state index contributed by atoms with van der Waals surface area (Å²) in [5.74, 6) is 0.200. The average Bonchev–Trinajstić information content (AvgIpc) is 2.37. The van der Waals surface area contributed by atoms with Crippen molar-refractivity contribution < 1.29 is 10.0 Å². The lowest BCUT2D eigenvalue weighted by molar-refractivity contribution is -0.129. The third kappa shape index (κ3) is 4.42. The van der Waals surface area contributed by atoms with E-state index in [-0.39, 0.29) is 5.91 Å². The zero-order valence-electron chi connectivity index (χ0n) is 10.9. The molecule has 0 bridgehead atoms. The van der Waals surface area contributed by atoms with Crippen LogP contribution in [0.25, 0.3) is 0 Å². The number of benzene rings is 1. The number of amides is 1. The standard InChI is InChI=1S/C14H20BrNO2/c1-3-4-10(2)12-6-5-11(13(15)9-12)7-8-14(17)16-18/h5-6,9-10,18H,3-4,7-8H2,1-2H3,(H,16,17). The van der Waals surface area contributed by atoms with Crippen LogP contribution in [0.4, 0.5) is 0 Å². The molecule has 0 saturated heterocycles. The molecule has 0 fully saturated rings. The first kappa shape index (κ1) is 15.2. The molecule has 1 unspecified atom stereocenters. The van der Waals surface area contributed by atoms with Crippen molar-refractivity contribution in [3.63, 3.8) is 0 Å². The molecule has 0 aliphatic rings. The zero-order chi connectivity index (χ0) is 13.5. The number of aryl methyl sites for hydroxylation is 1. The van der Waals surface area contributed by atoms with Gasteiger partial charge in [0.25, 0.3) is 0 Å². The molecule has 0 saturated carbocycles. The summed E-state index contributed by atoms with van der Waals surface area (Å²) < 4.78 is 1.04. The first-order valence-electron chi connectivity index (χ1n) is 6.29. The van der Waals surface area contributed by atoms with E-state index in [4.69, 9.17) is 5.21 Å². The van der Waals surface area contributed by atoms with Gasteiger partial charge in [-0.2, -0.15) is 0 Å². The highest BCUT2D eigenvalue weighted by Gasteiger charge is 2.08. The Morgan fingerprint density at radius 2 is 2.22 bits per heavy atom. The molecule has 0 aromatic heterocycles. The summed E-state index contributed by atoms with van der Waals surface area (Å²) in [5, 5.41) is 8.45. The number of rotatable bonds is 6. The smallest absolute Gasteiger partial charge is 0.243 e. The van der Waals surface area contributed by atoms with Gasteiger partial charge in [-0.15, -0.1) is 0 Å². The van der Waals surface area contributed by atoms with Crippen molar-refractivity contribution in [2.24, 2.45) is 0 Å². The largest absolute Gasteiger partial charge is 0.289 e. The SMILES string of the molecule is CCCC(C)c1ccc(CCC(=O)NO)c(Br)c1. The van der Waals surface area contributed by atoms with Gasteiger partial charge in [0.15, 0.2) is 0 Å². The van der Waals surface area contributed by atoms with E-state index in [9.17, 15) is 4.79 Å². The molecule has 1 aromatic rings. The molecule has 0 aliphatic heterocycles. The van der Waals surface area contributed by atoms with Gasteiger partial charge in [-0.25, -0.2) is 5.48 Å². The second-order valence-electron chi connectivity index (χ2n) is 4.58. The van der Waals surface area contributed by atoms with Crippen molar-refractivity contribution in [2.45, 2.75) is 45.4 Å². The molecule has 18 heavy (non-hydrogen) atoms. The van der Waals surface area contributed by atoms with Crippen LogP contribution in [0.15, 0.2) is 22.7 Å². The highest BCUT2D eigenvalue weighted by atomic mass is 79.9. The number of nitrogens with one attached hydrogen (secondary N) is 1. The van der Waals surface area contributed by atoms with E-state index in [1.165, 1.54) is 18.4 Å². The van der Waals surface area contributed by atoms with Gasteiger partial charge in [-0.1, -0.05) is 48.3 Å². The van der Waals surface area contributed by atoms with E-state index >= 15 is 0 Å². The van der Waals surface area contributed by atoms with Crippen molar-refractivity contribution in [3.05, 3.63) is 33.8 Å². The number of hydrogen-bond donors (Lipinski definition) is 2. The van der Waals surface area contributed by atoms with Gasteiger partial charge in [0, 0.05) is 10.9 Å². The predicted molar refractivity (Wildman–Crippen MR) is 75.7 cm³/mol. The summed E-state index contributed by atoms with van der Waals surface area (Å²) in [6.07, 6.45) is 3.27. The second-order valence-corrected chi connectivity index (χ2v) is 5.43. The first-order chi connectivity index (χ1) is 8.58. The minimum Gasteiger partial charge on any atom is -0.289 e. The highest BCUT2D eigenvalue weighted by Crippen LogP contribution is 2.26. The summed E-state index contributed by atoms with van der Waals surface area (Å²) in [5.41, 5.74) is 4.05. The Kier molecular flexibility index (Phi) is 6.36. The van der Waals surface area contributed by atoms with Gasteiger partial charge >= 0.3 is 0 Å². The Morgan fingerprint density at radius 1 is 1.50 bits per heavy atom. The Morgan fingerprint density at radius 3 is 2.78 bits per heavy atom. The Labute approximate surface area is 117 Å². The van der Waals surface area contributed by atoms with E-state index in [0.29, 0.717) is 18.8 Å². The summed E-state index contributed by atoms with van der Waals surface area (Å²) in [4.78, 5) is 11.0. The molecule has 0 radical (unpaired) electrons. The first-order valence-corrected chi connectivity index (χ1v) is 7.09. The molecule has 1 aromatic carbocycles. The lowest BCUT2D eigenvalue weighted by Gasteiger charge is -2.13. The number of hydrogen-bond acceptors (Lipinski definition) is 2. The fraction of sp³-hybridized carbons (Fsp3) is 0.500. The second kappa shape index (κ2) is 7.54. The molecule has 4 heteroatoms. The maximum absolute atomic E-state index is 11.0. The van der Waals surface area contributed by atoms with Crippen molar-refractivity contribution in [1.29, 1.82) is 0 Å². The van der Waals surface area contributed by atoms with Crippen molar-refractivity contribution in [1.82, 2.24) is 5.48 Å². The normalized spacial score (nSPS) is 12.2. The van der Waals surface area contributed by atoms with Crippen LogP contribution in [0.3, 0.4) is 0 Å². The molecule has 2 N–H and O–H groups in total. The third-order valence-electron chi connectivity index (χ3n) is 3.11. The van der Waals surface area contributed by atoms with E-state index < -0.39 is 0 Å². The van der Waals surface area contributed by atoms with Crippen molar-refractivity contribution >= 4 is 21.8 Å². The zero-order valence-corrected chi connectivity index (χ0v) is 12.5. The van der Waals surface area contributed by atoms with Gasteiger partial charge < -0.3 is 0 Å². The average molecular weight is 314 g/mol. The van der Waals surface area contributed by atoms with E-state index in [1.807, 2.05) is 0 Å². The van der Waals surface area contributed by atoms with Crippen LogP contribution in [0.1, 0.15) is 50.2 Å². The van der Waals surface area contributed by atoms with Crippen LogP contribution >= 0.6 is 15.9 Å². The van der Waals surface area contributed by atoms with Gasteiger partial charge in [-0.05, 0) is 36.0 Å². The maximum Gasteiger partial charge on any atom is 0.243 e. The molecule has 100 valence electrons. The van der Waals surface area contributed by atoms with Crippen LogP contribution in [0.5, 0.6) is 0 Å². The monoisotopic (exact) mass is 313 g/mol. The molecule has 0 aliphatic carbocycles. The van der Waals surface area contributed by atoms with Gasteiger partial charge in [0.05, 0.1) is 0 Å². The van der Waals surface area contributed by atoms with Crippen LogP contribution < -0.4 is 5.48 Å². The van der Waals surface area contributed by atoms with E-state index in [1.54, 1.807) is 5.48 Å². The van der Waals surface area contributed by atoms with Crippen molar-refractivity contribution in [2.75, 3.05) is 0 Å². The van der Waals surface area contributed by atoms with Gasteiger partial charge in [0.2, 0.25) is 5.91 Å². The van der Waals surface area contributed by atoms with Crippen LogP contribution in [0, 0.1) is 0 Å². The van der Waals surface area contributed by atoms with Gasteiger partial charge in [-0.3, -0.25) is 10.0 Å². The minimum absolute atomic E-state index is 0.291. The topological polar surface area (TPSA) is 49.3 Å². The quantitative estimate of drug-likeness (QED) is 0.620. The van der Waals surface area contributed by atoms with Crippen LogP contribution in [0.2, 0.25) is 0 Å². The van der Waals surface area contributed by atoms with Crippen LogP contribution in [-0.4, -0.2) is 11.1 Å². The number of carbonyl (C=O) groups is 1. The summed E-state index contributed by atoms with van der Waals surface area (Å²) >= 11 is 3.54. The summed E-state index contributed by atoms with van der Waals surface area (Å²) in [6.45, 7) is 4.41. The lowest BCUT2D eigenvalue weighted by Crippen LogP contribution is -2.18. The van der Waals surface area contributed by atoms with E-state index in [0.717, 1.165) is 10.0 Å². The highest BCUT2D eigenvalue weighted by molar-refractivity contribution is 9.10. The van der Waals surface area contributed by atoms with Crippen molar-refractivity contribution in [3.8, 4) is 0 Å². The van der Waals surface area contributed by atoms with Crippen LogP contribution in [-0.2, 0) is 11.2 Å². The Balaban J connectivity index is 2.70. The number of hydroxylamine groups is 1. The fourth-order valence-corrected chi connectivity index (χ4v) is 2.57. The minimum atomic E-state index is -0.356. The fourth-order valence-electron chi connectivity index (χ4n) is 1.98. The molecule has 1 rings (SSSR count). The lowest BCUT2D eigenvalue weighted by atomic mass is 9.95. The molecule has 3 nitrogen and oxygen atoms in total. The Hall–Kier alpha value is -0.870. The summed E-state index contributed by atoms with van der Waals surface area (Å²) in [7, 11) is 0. The van der Waals surface area contributed by atoms with Gasteiger partial charge in [0.1, 0.15) is 0 Å². The Bertz CT molecular complexity index is 407. The number of halogens is 1. The molecular formula is C14H20BrNO2. The van der Waals surface area contributed by atoms with E-state index in [2.05, 4.69) is 48.0 Å². The summed E-state index contributed by atoms with van der Waals surface area (Å²) in [6, 6.07) is 6.31. The molecule has 0 spiro atoms. The predicted octanol–water partition coefficient (Wildman–Crippen LogP) is 3.79. The molecular weight excluding hydrogens is 294 g/mol. The molecule has 0 heterocycles. The molecule has 1 amide bonds. The third-order valence-corrected chi connectivity index (χ3v) is 3.85. The number of carbonyl (C=O) groups excluding carboxylic acids is 1. The molecule has 1 atom stereocenters.